The van der Waals surface area contributed by atoms with Crippen molar-refractivity contribution in [3.05, 3.63) is 53.3 Å². The van der Waals surface area contributed by atoms with Gasteiger partial charge in [-0.2, -0.15) is 0 Å². The summed E-state index contributed by atoms with van der Waals surface area (Å²) in [6.45, 7) is 5.63. The van der Waals surface area contributed by atoms with Gasteiger partial charge in [0.1, 0.15) is 17.3 Å². The summed E-state index contributed by atoms with van der Waals surface area (Å²) in [4.78, 5) is 13.1. The minimum absolute atomic E-state index is 0.112. The maximum absolute atomic E-state index is 10.1. The average molecular weight is 307 g/mol. The summed E-state index contributed by atoms with van der Waals surface area (Å²) >= 11 is 0. The topological polar surface area (TPSA) is 79.1 Å². The summed E-state index contributed by atoms with van der Waals surface area (Å²) < 4.78 is 0. The lowest BCUT2D eigenvalue weighted by atomic mass is 10.1. The molecule has 0 saturated carbocycles. The lowest BCUT2D eigenvalue weighted by Crippen LogP contribution is -2.00. The van der Waals surface area contributed by atoms with Gasteiger partial charge in [0.15, 0.2) is 11.6 Å². The van der Waals surface area contributed by atoms with E-state index in [4.69, 9.17) is 0 Å². The van der Waals surface area contributed by atoms with Crippen LogP contribution in [0.2, 0.25) is 0 Å². The van der Waals surface area contributed by atoms with Crippen molar-refractivity contribution in [2.24, 2.45) is 0 Å². The van der Waals surface area contributed by atoms with Crippen molar-refractivity contribution in [3.8, 4) is 34.3 Å². The normalized spacial score (nSPS) is 10.7. The Kier molecular flexibility index (Phi) is 3.70. The number of aromatic hydroxyl groups is 2. The van der Waals surface area contributed by atoms with Gasteiger partial charge in [0, 0.05) is 0 Å². The Morgan fingerprint density at radius 2 is 1.09 bits per heavy atom. The van der Waals surface area contributed by atoms with Crippen LogP contribution in [-0.2, 0) is 0 Å². The Balaban J connectivity index is 2.20. The first-order valence-corrected chi connectivity index (χ1v) is 7.26. The maximum atomic E-state index is 10.1. The third-order valence-corrected chi connectivity index (χ3v) is 3.53. The number of aryl methyl sites for hydroxylation is 3. The Hall–Kier alpha value is -2.95. The molecule has 1 heterocycles. The summed E-state index contributed by atoms with van der Waals surface area (Å²) in [5, 5.41) is 20.2. The van der Waals surface area contributed by atoms with E-state index in [9.17, 15) is 10.2 Å². The quantitative estimate of drug-likeness (QED) is 0.757. The maximum Gasteiger partial charge on any atom is 0.167 e. The highest BCUT2D eigenvalue weighted by Gasteiger charge is 2.14. The van der Waals surface area contributed by atoms with Crippen LogP contribution in [0.4, 0.5) is 0 Å². The van der Waals surface area contributed by atoms with Crippen LogP contribution in [0.25, 0.3) is 22.8 Å². The summed E-state index contributed by atoms with van der Waals surface area (Å²) in [6, 6.07) is 10.5. The minimum Gasteiger partial charge on any atom is -0.507 e. The summed E-state index contributed by atoms with van der Waals surface area (Å²) in [6.07, 6.45) is 0. The lowest BCUT2D eigenvalue weighted by Gasteiger charge is -2.09. The predicted molar refractivity (Wildman–Crippen MR) is 88.2 cm³/mol. The first-order valence-electron chi connectivity index (χ1n) is 7.26. The second kappa shape index (κ2) is 5.68. The molecule has 0 aliphatic rings. The Bertz CT molecular complexity index is 822. The molecule has 3 aromatic rings. The molecule has 23 heavy (non-hydrogen) atoms. The molecule has 1 aromatic heterocycles. The fourth-order valence-electron chi connectivity index (χ4n) is 2.38. The van der Waals surface area contributed by atoms with Crippen LogP contribution in [0.5, 0.6) is 11.5 Å². The molecule has 0 spiro atoms. The van der Waals surface area contributed by atoms with Gasteiger partial charge in [-0.15, -0.1) is 0 Å². The SMILES string of the molecule is Cc1ccc(O)c(-c2nc(C)nc(-c3cc(C)ccc3O)n2)c1. The molecule has 116 valence electrons. The highest BCUT2D eigenvalue weighted by Crippen LogP contribution is 2.31. The molecule has 0 unspecified atom stereocenters. The molecular weight excluding hydrogens is 290 g/mol. The molecule has 0 radical (unpaired) electrons. The molecule has 5 nitrogen and oxygen atoms in total. The van der Waals surface area contributed by atoms with E-state index in [-0.39, 0.29) is 11.5 Å². The summed E-state index contributed by atoms with van der Waals surface area (Å²) in [5.41, 5.74) is 3.08. The van der Waals surface area contributed by atoms with Gasteiger partial charge >= 0.3 is 0 Å². The number of rotatable bonds is 2. The number of benzene rings is 2. The second-order valence-electron chi connectivity index (χ2n) is 5.57. The highest BCUT2D eigenvalue weighted by atomic mass is 16.3. The van der Waals surface area contributed by atoms with Gasteiger partial charge in [0.25, 0.3) is 0 Å². The summed E-state index contributed by atoms with van der Waals surface area (Å²) in [5.74, 6) is 1.51. The van der Waals surface area contributed by atoms with E-state index in [0.717, 1.165) is 11.1 Å². The van der Waals surface area contributed by atoms with Gasteiger partial charge in [0.05, 0.1) is 11.1 Å². The largest absolute Gasteiger partial charge is 0.507 e. The van der Waals surface area contributed by atoms with Crippen LogP contribution in [0, 0.1) is 20.8 Å². The van der Waals surface area contributed by atoms with Crippen LogP contribution in [0.15, 0.2) is 36.4 Å². The zero-order chi connectivity index (χ0) is 16.6. The van der Waals surface area contributed by atoms with Gasteiger partial charge in [-0.1, -0.05) is 23.3 Å². The number of aromatic nitrogens is 3. The van der Waals surface area contributed by atoms with E-state index in [1.165, 1.54) is 0 Å². The minimum atomic E-state index is 0.112. The zero-order valence-electron chi connectivity index (χ0n) is 13.2. The summed E-state index contributed by atoms with van der Waals surface area (Å²) in [7, 11) is 0. The van der Waals surface area contributed by atoms with Gasteiger partial charge < -0.3 is 10.2 Å². The van der Waals surface area contributed by atoms with Crippen molar-refractivity contribution in [2.45, 2.75) is 20.8 Å². The Labute approximate surface area is 134 Å². The van der Waals surface area contributed by atoms with Gasteiger partial charge in [0.2, 0.25) is 0 Å². The predicted octanol–water partition coefficient (Wildman–Crippen LogP) is 3.54. The number of phenols is 2. The van der Waals surface area contributed by atoms with Crippen molar-refractivity contribution in [2.75, 3.05) is 0 Å². The van der Waals surface area contributed by atoms with Crippen LogP contribution in [-0.4, -0.2) is 25.2 Å². The molecule has 2 N–H and O–H groups in total. The molecule has 0 bridgehead atoms. The average Bonchev–Trinajstić information content (AvgIpc) is 2.51. The third-order valence-electron chi connectivity index (χ3n) is 3.53. The van der Waals surface area contributed by atoms with Crippen molar-refractivity contribution in [1.29, 1.82) is 0 Å². The van der Waals surface area contributed by atoms with E-state index in [0.29, 0.717) is 28.6 Å². The van der Waals surface area contributed by atoms with Crippen molar-refractivity contribution >= 4 is 0 Å². The molecule has 0 saturated heterocycles. The monoisotopic (exact) mass is 307 g/mol. The number of hydrogen-bond donors (Lipinski definition) is 2. The smallest absolute Gasteiger partial charge is 0.167 e. The fourth-order valence-corrected chi connectivity index (χ4v) is 2.38. The van der Waals surface area contributed by atoms with E-state index < -0.39 is 0 Å². The molecule has 2 aromatic carbocycles. The van der Waals surface area contributed by atoms with Gasteiger partial charge in [-0.05, 0) is 45.0 Å². The van der Waals surface area contributed by atoms with Gasteiger partial charge in [-0.25, -0.2) is 15.0 Å². The number of phenolic OH excluding ortho intramolecular Hbond substituents is 2. The highest BCUT2D eigenvalue weighted by molar-refractivity contribution is 5.69. The van der Waals surface area contributed by atoms with Crippen LogP contribution in [0.1, 0.15) is 17.0 Å². The standard InChI is InChI=1S/C18H17N3O2/c1-10-4-6-15(22)13(8-10)17-19-12(3)20-18(21-17)14-9-11(2)5-7-16(14)23/h4-9,22-23H,1-3H3. The fraction of sp³-hybridized carbons (Fsp3) is 0.167. The Morgan fingerprint density at radius 1 is 0.652 bits per heavy atom. The first-order chi connectivity index (χ1) is 10.9. The lowest BCUT2D eigenvalue weighted by molar-refractivity contribution is 0.476. The molecule has 0 fully saturated rings. The van der Waals surface area contributed by atoms with Crippen LogP contribution < -0.4 is 0 Å². The molecule has 0 atom stereocenters. The molecule has 0 aliphatic heterocycles. The van der Waals surface area contributed by atoms with E-state index >= 15 is 0 Å². The zero-order valence-corrected chi connectivity index (χ0v) is 13.2. The van der Waals surface area contributed by atoms with Crippen molar-refractivity contribution < 1.29 is 10.2 Å². The van der Waals surface area contributed by atoms with Crippen LogP contribution in [0.3, 0.4) is 0 Å². The number of nitrogens with zero attached hydrogens (tertiary/aromatic N) is 3. The number of hydrogen-bond acceptors (Lipinski definition) is 5. The first kappa shape index (κ1) is 15.0. The van der Waals surface area contributed by atoms with Gasteiger partial charge in [-0.3, -0.25) is 0 Å². The van der Waals surface area contributed by atoms with Crippen molar-refractivity contribution in [3.63, 3.8) is 0 Å². The molecule has 5 heteroatoms. The molecule has 3 rings (SSSR count). The third kappa shape index (κ3) is 2.99. The molecule has 0 aliphatic carbocycles. The second-order valence-corrected chi connectivity index (χ2v) is 5.57. The van der Waals surface area contributed by atoms with E-state index in [2.05, 4.69) is 15.0 Å². The van der Waals surface area contributed by atoms with Crippen LogP contribution >= 0.6 is 0 Å². The van der Waals surface area contributed by atoms with E-state index in [1.807, 2.05) is 38.1 Å². The molecule has 0 amide bonds. The van der Waals surface area contributed by atoms with Crippen molar-refractivity contribution in [1.82, 2.24) is 15.0 Å². The Morgan fingerprint density at radius 3 is 1.52 bits per heavy atom. The molecular formula is C18H17N3O2. The van der Waals surface area contributed by atoms with E-state index in [1.54, 1.807) is 19.1 Å².